The van der Waals surface area contributed by atoms with Gasteiger partial charge in [0.2, 0.25) is 15.9 Å². The van der Waals surface area contributed by atoms with Gasteiger partial charge in [-0.3, -0.25) is 14.2 Å². The topological polar surface area (TPSA) is 101 Å². The van der Waals surface area contributed by atoms with Crippen molar-refractivity contribution in [2.75, 3.05) is 24.2 Å². The van der Waals surface area contributed by atoms with Crippen LogP contribution in [0.1, 0.15) is 45.6 Å². The predicted octanol–water partition coefficient (Wildman–Crippen LogP) is 4.93. The molecule has 0 atom stereocenters. The third kappa shape index (κ3) is 5.46. The van der Waals surface area contributed by atoms with Crippen molar-refractivity contribution in [3.8, 4) is 0 Å². The number of nitrogens with one attached hydrogen (secondary N) is 1. The fourth-order valence-electron chi connectivity index (χ4n) is 4.50. The summed E-state index contributed by atoms with van der Waals surface area (Å²) in [6.07, 6.45) is 3.92. The standard InChI is InChI=1S/C25H29ClN4O4S2/c1-3-29(4-2)36(33,34)18-13-14-20(26)22(15-18)27-23(31)16-35-25-28-21-12-8-7-11-19(21)24(32)30(25)17-9-5-6-10-17/h7-8,11-15,17H,3-6,9-10,16H2,1-2H3,(H,27,31). The van der Waals surface area contributed by atoms with Gasteiger partial charge in [-0.15, -0.1) is 0 Å². The minimum atomic E-state index is -3.70. The highest BCUT2D eigenvalue weighted by molar-refractivity contribution is 7.99. The van der Waals surface area contributed by atoms with Gasteiger partial charge in [0.1, 0.15) is 0 Å². The fraction of sp³-hybridized carbons (Fsp3) is 0.400. The molecule has 8 nitrogen and oxygen atoms in total. The Morgan fingerprint density at radius 3 is 2.56 bits per heavy atom. The van der Waals surface area contributed by atoms with E-state index in [-0.39, 0.29) is 38.9 Å². The number of sulfonamides is 1. The lowest BCUT2D eigenvalue weighted by Gasteiger charge is -2.19. The zero-order valence-corrected chi connectivity index (χ0v) is 22.6. The van der Waals surface area contributed by atoms with Crippen LogP contribution in [0.2, 0.25) is 5.02 Å². The summed E-state index contributed by atoms with van der Waals surface area (Å²) in [4.78, 5) is 30.9. The van der Waals surface area contributed by atoms with Crippen LogP contribution < -0.4 is 10.9 Å². The Hall–Kier alpha value is -2.40. The molecule has 1 aliphatic rings. The van der Waals surface area contributed by atoms with Crippen LogP contribution in [-0.2, 0) is 14.8 Å². The first-order chi connectivity index (χ1) is 17.3. The molecular formula is C25H29ClN4O4S2. The normalized spacial score (nSPS) is 14.6. The van der Waals surface area contributed by atoms with Crippen LogP contribution in [0.15, 0.2) is 57.3 Å². The first-order valence-corrected chi connectivity index (χ1v) is 14.8. The van der Waals surface area contributed by atoms with Crippen LogP contribution in [-0.4, -0.2) is 47.0 Å². The molecule has 2 aromatic carbocycles. The molecule has 0 saturated heterocycles. The summed E-state index contributed by atoms with van der Waals surface area (Å²) in [7, 11) is -3.70. The van der Waals surface area contributed by atoms with E-state index in [1.807, 2.05) is 12.1 Å². The van der Waals surface area contributed by atoms with Gasteiger partial charge in [0, 0.05) is 19.1 Å². The van der Waals surface area contributed by atoms with Gasteiger partial charge in [0.25, 0.3) is 5.56 Å². The molecule has 1 amide bonds. The summed E-state index contributed by atoms with van der Waals surface area (Å²) in [5.74, 6) is -0.388. The Balaban J connectivity index is 1.56. The molecule has 1 saturated carbocycles. The van der Waals surface area contributed by atoms with Crippen molar-refractivity contribution >= 4 is 55.9 Å². The van der Waals surface area contributed by atoms with Gasteiger partial charge in [0.15, 0.2) is 5.16 Å². The van der Waals surface area contributed by atoms with Crippen LogP contribution in [0.5, 0.6) is 0 Å². The molecule has 1 heterocycles. The number of anilines is 1. The maximum Gasteiger partial charge on any atom is 0.262 e. The molecule has 1 N–H and O–H groups in total. The zero-order valence-electron chi connectivity index (χ0n) is 20.2. The molecule has 3 aromatic rings. The third-order valence-corrected chi connectivity index (χ3v) is 9.68. The van der Waals surface area contributed by atoms with Crippen LogP contribution in [0.3, 0.4) is 0 Å². The molecular weight excluding hydrogens is 520 g/mol. The number of hydrogen-bond acceptors (Lipinski definition) is 6. The molecule has 4 rings (SSSR count). The summed E-state index contributed by atoms with van der Waals surface area (Å²) in [6, 6.07) is 11.6. The molecule has 0 spiro atoms. The van der Waals surface area contributed by atoms with E-state index in [0.29, 0.717) is 29.1 Å². The van der Waals surface area contributed by atoms with Crippen LogP contribution >= 0.6 is 23.4 Å². The van der Waals surface area contributed by atoms with Gasteiger partial charge in [0.05, 0.1) is 32.3 Å². The number of halogens is 1. The van der Waals surface area contributed by atoms with Crippen molar-refractivity contribution in [2.24, 2.45) is 0 Å². The largest absolute Gasteiger partial charge is 0.324 e. The lowest BCUT2D eigenvalue weighted by atomic mass is 10.2. The zero-order chi connectivity index (χ0) is 25.9. The smallest absolute Gasteiger partial charge is 0.262 e. The minimum absolute atomic E-state index is 0.0130. The Morgan fingerprint density at radius 1 is 1.17 bits per heavy atom. The Bertz CT molecular complexity index is 1430. The number of carbonyl (C=O) groups excluding carboxylic acids is 1. The molecule has 11 heteroatoms. The van der Waals surface area contributed by atoms with Gasteiger partial charge in [-0.1, -0.05) is 62.2 Å². The van der Waals surface area contributed by atoms with Gasteiger partial charge in [-0.25, -0.2) is 13.4 Å². The average molecular weight is 549 g/mol. The van der Waals surface area contributed by atoms with Gasteiger partial charge >= 0.3 is 0 Å². The highest BCUT2D eigenvalue weighted by Crippen LogP contribution is 2.32. The third-order valence-electron chi connectivity index (χ3n) is 6.35. The number of benzene rings is 2. The van der Waals surface area contributed by atoms with Crippen molar-refractivity contribution in [1.82, 2.24) is 13.9 Å². The minimum Gasteiger partial charge on any atom is -0.324 e. The number of rotatable bonds is 9. The molecule has 192 valence electrons. The summed E-state index contributed by atoms with van der Waals surface area (Å²) in [5.41, 5.74) is 0.722. The summed E-state index contributed by atoms with van der Waals surface area (Å²) < 4.78 is 28.8. The Kier molecular flexibility index (Phi) is 8.39. The fourth-order valence-corrected chi connectivity index (χ4v) is 7.02. The maximum atomic E-state index is 13.3. The second-order valence-corrected chi connectivity index (χ2v) is 11.9. The molecule has 1 aliphatic carbocycles. The van der Waals surface area contributed by atoms with E-state index < -0.39 is 10.0 Å². The SMILES string of the molecule is CCN(CC)S(=O)(=O)c1ccc(Cl)c(NC(=O)CSc2nc3ccccc3c(=O)n2C2CCCC2)c1. The first kappa shape index (κ1) is 26.7. The van der Waals surface area contributed by atoms with Crippen molar-refractivity contribution in [2.45, 2.75) is 55.6 Å². The molecule has 36 heavy (non-hydrogen) atoms. The number of carbonyl (C=O) groups is 1. The van der Waals surface area contributed by atoms with Crippen molar-refractivity contribution in [3.05, 3.63) is 57.8 Å². The van der Waals surface area contributed by atoms with Crippen molar-refractivity contribution < 1.29 is 13.2 Å². The number of nitrogens with zero attached hydrogens (tertiary/aromatic N) is 3. The van der Waals surface area contributed by atoms with Crippen LogP contribution in [0, 0.1) is 0 Å². The molecule has 1 aromatic heterocycles. The number of hydrogen-bond donors (Lipinski definition) is 1. The molecule has 0 unspecified atom stereocenters. The highest BCUT2D eigenvalue weighted by Gasteiger charge is 2.25. The summed E-state index contributed by atoms with van der Waals surface area (Å²) in [6.45, 7) is 4.20. The van der Waals surface area contributed by atoms with Gasteiger partial charge in [-0.2, -0.15) is 4.31 Å². The number of para-hydroxylation sites is 1. The van der Waals surface area contributed by atoms with E-state index in [4.69, 9.17) is 16.6 Å². The molecule has 1 fully saturated rings. The maximum absolute atomic E-state index is 13.3. The Morgan fingerprint density at radius 2 is 1.86 bits per heavy atom. The van der Waals surface area contributed by atoms with Crippen LogP contribution in [0.25, 0.3) is 10.9 Å². The van der Waals surface area contributed by atoms with E-state index in [0.717, 1.165) is 25.7 Å². The van der Waals surface area contributed by atoms with E-state index in [1.54, 1.807) is 30.5 Å². The second-order valence-electron chi connectivity index (χ2n) is 8.59. The van der Waals surface area contributed by atoms with Crippen LogP contribution in [0.4, 0.5) is 5.69 Å². The number of amides is 1. The van der Waals surface area contributed by atoms with Gasteiger partial charge < -0.3 is 5.32 Å². The van der Waals surface area contributed by atoms with E-state index in [1.165, 1.54) is 34.3 Å². The molecule has 0 aliphatic heterocycles. The van der Waals surface area contributed by atoms with Crippen molar-refractivity contribution in [1.29, 1.82) is 0 Å². The van der Waals surface area contributed by atoms with E-state index in [9.17, 15) is 18.0 Å². The second kappa shape index (κ2) is 11.3. The Labute approximate surface area is 220 Å². The van der Waals surface area contributed by atoms with E-state index in [2.05, 4.69) is 5.32 Å². The summed E-state index contributed by atoms with van der Waals surface area (Å²) >= 11 is 7.45. The number of aromatic nitrogens is 2. The number of thioether (sulfide) groups is 1. The van der Waals surface area contributed by atoms with E-state index >= 15 is 0 Å². The lowest BCUT2D eigenvalue weighted by molar-refractivity contribution is -0.113. The molecule has 0 bridgehead atoms. The highest BCUT2D eigenvalue weighted by atomic mass is 35.5. The predicted molar refractivity (Wildman–Crippen MR) is 144 cm³/mol. The summed E-state index contributed by atoms with van der Waals surface area (Å²) in [5, 5.41) is 4.02. The van der Waals surface area contributed by atoms with Gasteiger partial charge in [-0.05, 0) is 43.2 Å². The first-order valence-electron chi connectivity index (χ1n) is 12.0. The van der Waals surface area contributed by atoms with Crippen molar-refractivity contribution in [3.63, 3.8) is 0 Å². The number of fused-ring (bicyclic) bond motifs is 1. The average Bonchev–Trinajstić information content (AvgIpc) is 3.39. The lowest BCUT2D eigenvalue weighted by Crippen LogP contribution is -2.30. The quantitative estimate of drug-likeness (QED) is 0.300. The monoisotopic (exact) mass is 548 g/mol. The molecule has 0 radical (unpaired) electrons.